The summed E-state index contributed by atoms with van der Waals surface area (Å²) in [5.41, 5.74) is 4.56. The second-order valence-corrected chi connectivity index (χ2v) is 5.67. The number of hydrazone groups is 1. The second-order valence-electron chi connectivity index (χ2n) is 5.67. The van der Waals surface area contributed by atoms with Gasteiger partial charge in [0, 0.05) is 12.1 Å². The Morgan fingerprint density at radius 2 is 1.87 bits per heavy atom. The summed E-state index contributed by atoms with van der Waals surface area (Å²) in [6.45, 7) is 2.49. The van der Waals surface area contributed by atoms with E-state index in [0.29, 0.717) is 12.3 Å². The second kappa shape index (κ2) is 6.28. The molecule has 2 atom stereocenters. The van der Waals surface area contributed by atoms with Gasteiger partial charge in [-0.3, -0.25) is 4.79 Å². The van der Waals surface area contributed by atoms with Crippen LogP contribution in [0.2, 0.25) is 0 Å². The minimum absolute atomic E-state index is 0.0108. The zero-order valence-electron chi connectivity index (χ0n) is 12.6. The number of ketones is 1. The largest absolute Gasteiger partial charge is 0.309 e. The predicted molar refractivity (Wildman–Crippen MR) is 84.3 cm³/mol. The Kier molecular flexibility index (Phi) is 4.19. The third-order valence-electron chi connectivity index (χ3n) is 4.03. The number of nitrogens with one attached hydrogen (secondary N) is 1. The molecule has 3 rings (SSSR count). The van der Waals surface area contributed by atoms with Crippen LogP contribution >= 0.6 is 0 Å². The molecule has 0 fully saturated rings. The maximum atomic E-state index is 13.5. The monoisotopic (exact) mass is 314 g/mol. The van der Waals surface area contributed by atoms with Crippen molar-refractivity contribution in [2.24, 2.45) is 16.9 Å². The van der Waals surface area contributed by atoms with Gasteiger partial charge < -0.3 is 5.43 Å². The van der Waals surface area contributed by atoms with E-state index < -0.39 is 17.6 Å². The van der Waals surface area contributed by atoms with Crippen molar-refractivity contribution in [1.82, 2.24) is 5.43 Å². The summed E-state index contributed by atoms with van der Waals surface area (Å²) >= 11 is 0. The van der Waals surface area contributed by atoms with Crippen LogP contribution in [-0.4, -0.2) is 18.0 Å². The van der Waals surface area contributed by atoms with Crippen LogP contribution in [0.5, 0.6) is 0 Å². The van der Waals surface area contributed by atoms with E-state index >= 15 is 0 Å². The van der Waals surface area contributed by atoms with Crippen LogP contribution < -0.4 is 5.43 Å². The fourth-order valence-corrected chi connectivity index (χ4v) is 2.80. The molecule has 0 aromatic heterocycles. The molecule has 1 heterocycles. The molecule has 0 saturated carbocycles. The topological polar surface area (TPSA) is 41.5 Å². The van der Waals surface area contributed by atoms with E-state index in [0.717, 1.165) is 17.7 Å². The molecule has 118 valence electrons. The highest BCUT2D eigenvalue weighted by Gasteiger charge is 2.34. The minimum atomic E-state index is -1.02. The van der Waals surface area contributed by atoms with Gasteiger partial charge in [0.1, 0.15) is 0 Å². The minimum Gasteiger partial charge on any atom is -0.309 e. The van der Waals surface area contributed by atoms with E-state index in [-0.39, 0.29) is 17.3 Å². The summed E-state index contributed by atoms with van der Waals surface area (Å²) in [4.78, 5) is 12.9. The Labute approximate surface area is 133 Å². The third kappa shape index (κ3) is 2.99. The van der Waals surface area contributed by atoms with Crippen LogP contribution in [0.15, 0.2) is 53.6 Å². The number of hydrogen-bond acceptors (Lipinski definition) is 3. The highest BCUT2D eigenvalue weighted by molar-refractivity contribution is 6.18. The number of carbonyl (C=O) groups excluding carboxylic acids is 1. The molecule has 2 aromatic rings. The number of benzene rings is 2. The van der Waals surface area contributed by atoms with Gasteiger partial charge in [-0.05, 0) is 29.7 Å². The average Bonchev–Trinajstić information content (AvgIpc) is 2.57. The molecule has 0 spiro atoms. The zero-order valence-corrected chi connectivity index (χ0v) is 12.6. The van der Waals surface area contributed by atoms with Crippen molar-refractivity contribution < 1.29 is 13.6 Å². The van der Waals surface area contributed by atoms with Gasteiger partial charge in [-0.2, -0.15) is 5.10 Å². The van der Waals surface area contributed by atoms with E-state index in [9.17, 15) is 13.6 Å². The quantitative estimate of drug-likeness (QED) is 0.882. The van der Waals surface area contributed by atoms with Crippen LogP contribution in [-0.2, 0) is 0 Å². The van der Waals surface area contributed by atoms with Crippen molar-refractivity contribution in [3.63, 3.8) is 0 Å². The molecule has 0 amide bonds. The summed E-state index contributed by atoms with van der Waals surface area (Å²) in [5, 5.41) is 4.30. The van der Waals surface area contributed by atoms with E-state index in [1.54, 1.807) is 0 Å². The SMILES string of the molecule is C[C@@H]1CNN=C(c2ccccc2)[C@@H]1C(=O)c1ccc(F)c(F)c1. The van der Waals surface area contributed by atoms with Crippen molar-refractivity contribution in [3.05, 3.63) is 71.3 Å². The van der Waals surface area contributed by atoms with Crippen LogP contribution in [0.25, 0.3) is 0 Å². The Balaban J connectivity index is 2.00. The molecule has 2 aromatic carbocycles. The van der Waals surface area contributed by atoms with Gasteiger partial charge in [0.2, 0.25) is 0 Å². The van der Waals surface area contributed by atoms with Gasteiger partial charge in [0.25, 0.3) is 0 Å². The Morgan fingerprint density at radius 3 is 2.57 bits per heavy atom. The Bertz CT molecular complexity index is 759. The van der Waals surface area contributed by atoms with Crippen molar-refractivity contribution in [1.29, 1.82) is 0 Å². The summed E-state index contributed by atoms with van der Waals surface area (Å²) in [5.74, 6) is -2.74. The standard InChI is InChI=1S/C18H16F2N2O/c1-11-10-21-22-17(12-5-3-2-4-6-12)16(11)18(23)13-7-8-14(19)15(20)9-13/h2-9,11,16,21H,10H2,1H3/t11-,16-/m1/s1. The maximum Gasteiger partial charge on any atom is 0.172 e. The molecule has 0 bridgehead atoms. The third-order valence-corrected chi connectivity index (χ3v) is 4.03. The number of hydrogen-bond donors (Lipinski definition) is 1. The Hall–Kier alpha value is -2.56. The highest BCUT2D eigenvalue weighted by atomic mass is 19.2. The van der Waals surface area contributed by atoms with Crippen molar-refractivity contribution >= 4 is 11.5 Å². The molecule has 5 heteroatoms. The molecule has 0 unspecified atom stereocenters. The maximum absolute atomic E-state index is 13.5. The summed E-state index contributed by atoms with van der Waals surface area (Å²) < 4.78 is 26.6. The lowest BCUT2D eigenvalue weighted by molar-refractivity contribution is 0.0921. The van der Waals surface area contributed by atoms with Gasteiger partial charge in [-0.25, -0.2) is 8.78 Å². The van der Waals surface area contributed by atoms with Crippen molar-refractivity contribution in [3.8, 4) is 0 Å². The molecular formula is C18H16F2N2O. The fraction of sp³-hybridized carbons (Fsp3) is 0.222. The number of halogens is 2. The molecule has 0 saturated heterocycles. The van der Waals surface area contributed by atoms with E-state index in [1.165, 1.54) is 6.07 Å². The van der Waals surface area contributed by atoms with E-state index in [1.807, 2.05) is 37.3 Å². The number of rotatable bonds is 3. The predicted octanol–water partition coefficient (Wildman–Crippen LogP) is 3.41. The molecule has 0 aliphatic carbocycles. The molecule has 1 N–H and O–H groups in total. The molecular weight excluding hydrogens is 298 g/mol. The summed E-state index contributed by atoms with van der Waals surface area (Å²) in [7, 11) is 0. The first-order valence-corrected chi connectivity index (χ1v) is 7.43. The number of carbonyl (C=O) groups is 1. The first-order valence-electron chi connectivity index (χ1n) is 7.43. The lowest BCUT2D eigenvalue weighted by atomic mass is 9.80. The highest BCUT2D eigenvalue weighted by Crippen LogP contribution is 2.26. The fourth-order valence-electron chi connectivity index (χ4n) is 2.80. The van der Waals surface area contributed by atoms with Crippen LogP contribution in [0.1, 0.15) is 22.8 Å². The number of Topliss-reactive ketones (excluding diaryl/α,β-unsaturated/α-hetero) is 1. The van der Waals surface area contributed by atoms with Gasteiger partial charge in [-0.15, -0.1) is 0 Å². The van der Waals surface area contributed by atoms with Gasteiger partial charge >= 0.3 is 0 Å². The van der Waals surface area contributed by atoms with Gasteiger partial charge in [-0.1, -0.05) is 37.3 Å². The Morgan fingerprint density at radius 1 is 1.13 bits per heavy atom. The first-order chi connectivity index (χ1) is 11.1. The lowest BCUT2D eigenvalue weighted by Gasteiger charge is -2.29. The van der Waals surface area contributed by atoms with Gasteiger partial charge in [0.15, 0.2) is 17.4 Å². The molecule has 0 radical (unpaired) electrons. The van der Waals surface area contributed by atoms with Gasteiger partial charge in [0.05, 0.1) is 11.6 Å². The smallest absolute Gasteiger partial charge is 0.172 e. The molecule has 1 aliphatic heterocycles. The normalized spacial score (nSPS) is 20.6. The molecule has 23 heavy (non-hydrogen) atoms. The number of nitrogens with zero attached hydrogens (tertiary/aromatic N) is 1. The van der Waals surface area contributed by atoms with E-state index in [4.69, 9.17) is 0 Å². The van der Waals surface area contributed by atoms with Crippen LogP contribution in [0.3, 0.4) is 0 Å². The van der Waals surface area contributed by atoms with E-state index in [2.05, 4.69) is 10.5 Å². The molecule has 1 aliphatic rings. The van der Waals surface area contributed by atoms with Crippen LogP contribution in [0, 0.1) is 23.5 Å². The van der Waals surface area contributed by atoms with Crippen LogP contribution in [0.4, 0.5) is 8.78 Å². The zero-order chi connectivity index (χ0) is 16.4. The summed E-state index contributed by atoms with van der Waals surface area (Å²) in [6, 6.07) is 12.6. The van der Waals surface area contributed by atoms with Crippen molar-refractivity contribution in [2.75, 3.05) is 6.54 Å². The lowest BCUT2D eigenvalue weighted by Crippen LogP contribution is -2.40. The van der Waals surface area contributed by atoms with Crippen molar-refractivity contribution in [2.45, 2.75) is 6.92 Å². The molecule has 3 nitrogen and oxygen atoms in total. The average molecular weight is 314 g/mol. The first kappa shape index (κ1) is 15.3. The summed E-state index contributed by atoms with van der Waals surface area (Å²) in [6.07, 6.45) is 0.